The molecule has 0 aromatic carbocycles. The number of rotatable bonds is 14. The van der Waals surface area contributed by atoms with Crippen LogP contribution in [-0.4, -0.2) is 75.4 Å². The number of thioether (sulfide) groups is 1. The lowest BCUT2D eigenvalue weighted by Gasteiger charge is -2.06. The number of aliphatic hydroxyl groups excluding tert-OH is 1. The maximum atomic E-state index is 10.6. The highest BCUT2D eigenvalue weighted by atomic mass is 32.2. The second-order valence-electron chi connectivity index (χ2n) is 3.51. The summed E-state index contributed by atoms with van der Waals surface area (Å²) in [5.74, 6) is 0.687. The minimum absolute atomic E-state index is 0.0357. The van der Waals surface area contributed by atoms with Gasteiger partial charge in [-0.1, -0.05) is 11.8 Å². The van der Waals surface area contributed by atoms with E-state index in [1.54, 1.807) is 6.92 Å². The van der Waals surface area contributed by atoms with Crippen LogP contribution in [0, 0.1) is 0 Å². The zero-order valence-corrected chi connectivity index (χ0v) is 12.3. The van der Waals surface area contributed by atoms with Crippen LogP contribution in [-0.2, 0) is 23.7 Å². The van der Waals surface area contributed by atoms with Gasteiger partial charge in [-0.05, 0) is 0 Å². The van der Waals surface area contributed by atoms with E-state index in [2.05, 4.69) is 0 Å². The van der Waals surface area contributed by atoms with Gasteiger partial charge in [-0.3, -0.25) is 4.79 Å². The molecule has 0 rings (SSSR count). The summed E-state index contributed by atoms with van der Waals surface area (Å²) in [5, 5.41) is 8.57. The number of hydrogen-bond donors (Lipinski definition) is 1. The van der Waals surface area contributed by atoms with Gasteiger partial charge in [0.1, 0.15) is 0 Å². The van der Waals surface area contributed by atoms with Gasteiger partial charge in [0.2, 0.25) is 0 Å². The first kappa shape index (κ1) is 18.8. The van der Waals surface area contributed by atoms with Crippen molar-refractivity contribution in [2.45, 2.75) is 6.92 Å². The molecule has 1 N–H and O–H groups in total. The Bertz CT molecular complexity index is 203. The molecule has 0 fully saturated rings. The predicted octanol–water partition coefficient (Wildman–Crippen LogP) is 0.325. The molecule has 0 aromatic rings. The van der Waals surface area contributed by atoms with Gasteiger partial charge in [0.05, 0.1) is 59.5 Å². The van der Waals surface area contributed by atoms with Crippen LogP contribution >= 0.6 is 11.8 Å². The molecule has 0 saturated carbocycles. The van der Waals surface area contributed by atoms with Crippen molar-refractivity contribution in [2.75, 3.05) is 65.2 Å². The number of hydrogen-bond acceptors (Lipinski definition) is 7. The van der Waals surface area contributed by atoms with Crippen LogP contribution in [0.3, 0.4) is 0 Å². The lowest BCUT2D eigenvalue weighted by Crippen LogP contribution is -2.13. The molecule has 0 saturated heterocycles. The average Bonchev–Trinajstić information content (AvgIpc) is 2.39. The van der Waals surface area contributed by atoms with Gasteiger partial charge >= 0.3 is 0 Å². The smallest absolute Gasteiger partial charge is 0.185 e. The molecule has 7 heteroatoms. The van der Waals surface area contributed by atoms with Crippen molar-refractivity contribution in [1.82, 2.24) is 0 Å². The van der Waals surface area contributed by atoms with Gasteiger partial charge in [-0.2, -0.15) is 0 Å². The molecule has 0 radical (unpaired) electrons. The molecule has 0 aliphatic carbocycles. The molecule has 19 heavy (non-hydrogen) atoms. The van der Waals surface area contributed by atoms with Gasteiger partial charge in [0.15, 0.2) is 5.12 Å². The molecule has 6 nitrogen and oxygen atoms in total. The Morgan fingerprint density at radius 1 is 0.842 bits per heavy atom. The molecular weight excluding hydrogens is 272 g/mol. The monoisotopic (exact) mass is 296 g/mol. The van der Waals surface area contributed by atoms with Crippen molar-refractivity contribution in [3.8, 4) is 0 Å². The highest BCUT2D eigenvalue weighted by molar-refractivity contribution is 8.13. The fraction of sp³-hybridized carbons (Fsp3) is 0.917. The summed E-state index contributed by atoms with van der Waals surface area (Å²) in [6.45, 7) is 5.56. The zero-order valence-electron chi connectivity index (χ0n) is 11.5. The summed E-state index contributed by atoms with van der Waals surface area (Å²) in [5.41, 5.74) is 0. The number of carbonyl (C=O) groups is 1. The van der Waals surface area contributed by atoms with E-state index in [1.807, 2.05) is 0 Å². The van der Waals surface area contributed by atoms with E-state index in [1.165, 1.54) is 11.8 Å². The van der Waals surface area contributed by atoms with E-state index in [9.17, 15) is 4.79 Å². The van der Waals surface area contributed by atoms with Crippen LogP contribution in [0.15, 0.2) is 0 Å². The molecule has 0 aromatic heterocycles. The Kier molecular flexibility index (Phi) is 15.7. The molecule has 0 unspecified atom stereocenters. The first-order valence-corrected chi connectivity index (χ1v) is 7.31. The van der Waals surface area contributed by atoms with Crippen LogP contribution in [0.2, 0.25) is 0 Å². The van der Waals surface area contributed by atoms with Crippen LogP contribution in [0.5, 0.6) is 0 Å². The van der Waals surface area contributed by atoms with Gasteiger partial charge < -0.3 is 24.1 Å². The minimum atomic E-state index is 0.0357. The molecule has 0 bridgehead atoms. The van der Waals surface area contributed by atoms with Gasteiger partial charge in [-0.25, -0.2) is 0 Å². The second kappa shape index (κ2) is 15.9. The van der Waals surface area contributed by atoms with E-state index in [0.717, 1.165) is 0 Å². The van der Waals surface area contributed by atoms with Crippen molar-refractivity contribution < 1.29 is 28.8 Å². The molecule has 0 aliphatic heterocycles. The molecule has 0 atom stereocenters. The summed E-state index contributed by atoms with van der Waals surface area (Å²) < 4.78 is 20.8. The lowest BCUT2D eigenvalue weighted by molar-refractivity contribution is -0.109. The topological polar surface area (TPSA) is 74.2 Å². The second-order valence-corrected chi connectivity index (χ2v) is 4.78. The van der Waals surface area contributed by atoms with Crippen molar-refractivity contribution in [1.29, 1.82) is 0 Å². The maximum absolute atomic E-state index is 10.6. The largest absolute Gasteiger partial charge is 0.394 e. The van der Waals surface area contributed by atoms with Crippen LogP contribution < -0.4 is 0 Å². The number of ether oxygens (including phenoxy) is 4. The molecule has 0 aliphatic rings. The van der Waals surface area contributed by atoms with Gasteiger partial charge in [-0.15, -0.1) is 0 Å². The summed E-state index contributed by atoms with van der Waals surface area (Å²) in [6.07, 6.45) is 0. The van der Waals surface area contributed by atoms with E-state index in [-0.39, 0.29) is 11.7 Å². The molecule has 0 amide bonds. The van der Waals surface area contributed by atoms with Crippen LogP contribution in [0.4, 0.5) is 0 Å². The normalized spacial score (nSPS) is 10.8. The predicted molar refractivity (Wildman–Crippen MR) is 73.5 cm³/mol. The van der Waals surface area contributed by atoms with Crippen LogP contribution in [0.25, 0.3) is 0 Å². The van der Waals surface area contributed by atoms with Gasteiger partial charge in [0, 0.05) is 12.7 Å². The fourth-order valence-corrected chi connectivity index (χ4v) is 1.56. The van der Waals surface area contributed by atoms with Crippen molar-refractivity contribution in [2.24, 2.45) is 0 Å². The average molecular weight is 296 g/mol. The summed E-state index contributed by atoms with van der Waals surface area (Å²) in [6, 6.07) is 0. The third-order valence-corrected chi connectivity index (χ3v) is 2.66. The Balaban J connectivity index is 2.93. The quantitative estimate of drug-likeness (QED) is 0.463. The molecule has 114 valence electrons. The Morgan fingerprint density at radius 2 is 1.26 bits per heavy atom. The number of carbonyl (C=O) groups excluding carboxylic acids is 1. The van der Waals surface area contributed by atoms with E-state index in [4.69, 9.17) is 24.1 Å². The standard InChI is InChI=1S/C12H24O6S/c1-12(14)19-11-10-18-9-8-17-7-6-16-5-4-15-3-2-13/h13H,2-11H2,1H3. The minimum Gasteiger partial charge on any atom is -0.394 e. The zero-order chi connectivity index (χ0) is 14.2. The van der Waals surface area contributed by atoms with Crippen LogP contribution in [0.1, 0.15) is 6.92 Å². The fourth-order valence-electron chi connectivity index (χ4n) is 1.07. The Labute approximate surface area is 118 Å². The Morgan fingerprint density at radius 3 is 1.68 bits per heavy atom. The summed E-state index contributed by atoms with van der Waals surface area (Å²) in [4.78, 5) is 10.6. The van der Waals surface area contributed by atoms with Crippen molar-refractivity contribution >= 4 is 16.9 Å². The van der Waals surface area contributed by atoms with Crippen molar-refractivity contribution in [3.63, 3.8) is 0 Å². The summed E-state index contributed by atoms with van der Waals surface area (Å²) in [7, 11) is 0. The van der Waals surface area contributed by atoms with Crippen molar-refractivity contribution in [3.05, 3.63) is 0 Å². The first-order chi connectivity index (χ1) is 9.27. The highest BCUT2D eigenvalue weighted by Gasteiger charge is 1.95. The highest BCUT2D eigenvalue weighted by Crippen LogP contribution is 1.99. The molecule has 0 spiro atoms. The van der Waals surface area contributed by atoms with E-state index < -0.39 is 0 Å². The first-order valence-electron chi connectivity index (χ1n) is 6.32. The van der Waals surface area contributed by atoms with Gasteiger partial charge in [0.25, 0.3) is 0 Å². The Hall–Kier alpha value is -0.180. The summed E-state index contributed by atoms with van der Waals surface area (Å²) >= 11 is 1.26. The third kappa shape index (κ3) is 17.8. The molecular formula is C12H24O6S. The van der Waals surface area contributed by atoms with E-state index >= 15 is 0 Å². The lowest BCUT2D eigenvalue weighted by atomic mass is 10.7. The third-order valence-electron chi connectivity index (χ3n) is 1.88. The van der Waals surface area contributed by atoms with E-state index in [0.29, 0.717) is 58.6 Å². The number of aliphatic hydroxyl groups is 1. The molecule has 0 heterocycles. The maximum Gasteiger partial charge on any atom is 0.185 e. The SMILES string of the molecule is CC(=O)SCCOCCOCCOCCOCCO.